The summed E-state index contributed by atoms with van der Waals surface area (Å²) in [6, 6.07) is 0.436. The third-order valence-electron chi connectivity index (χ3n) is 4.78. The Morgan fingerprint density at radius 3 is 2.33 bits per heavy atom. The van der Waals surface area contributed by atoms with Crippen molar-refractivity contribution in [2.75, 3.05) is 6.54 Å². The number of carbonyl (C=O) groups excluding carboxylic acids is 1. The quantitative estimate of drug-likeness (QED) is 0.717. The Hall–Kier alpha value is -0.530. The normalized spacial score (nSPS) is 21.4. The summed E-state index contributed by atoms with van der Waals surface area (Å²) in [7, 11) is 0. The van der Waals surface area contributed by atoms with Crippen LogP contribution in [0.2, 0.25) is 0 Å². The molecule has 1 rings (SSSR count). The Morgan fingerprint density at radius 1 is 1.22 bits per heavy atom. The van der Waals surface area contributed by atoms with Gasteiger partial charge in [-0.1, -0.05) is 48.0 Å². The highest BCUT2D eigenvalue weighted by Crippen LogP contribution is 2.38. The molecule has 1 fully saturated rings. The van der Waals surface area contributed by atoms with Crippen LogP contribution in [0.4, 0.5) is 0 Å². The standard InChI is InChI=1S/C16H31NO/c1-7-11-16(5,6)14(18)17-12-9-10-13(17)15(3,4)8-2/h13H,7-12H2,1-6H3. The van der Waals surface area contributed by atoms with E-state index in [1.807, 2.05) is 0 Å². The highest BCUT2D eigenvalue weighted by Gasteiger charge is 2.42. The summed E-state index contributed by atoms with van der Waals surface area (Å²) in [5.41, 5.74) is 0.0512. The molecule has 0 aromatic carbocycles. The van der Waals surface area contributed by atoms with Crippen molar-refractivity contribution in [3.8, 4) is 0 Å². The third kappa shape index (κ3) is 3.07. The first kappa shape index (κ1) is 15.5. The molecule has 0 N–H and O–H groups in total. The van der Waals surface area contributed by atoms with Gasteiger partial charge in [-0.2, -0.15) is 0 Å². The van der Waals surface area contributed by atoms with Gasteiger partial charge in [0.2, 0.25) is 5.91 Å². The lowest BCUT2D eigenvalue weighted by Crippen LogP contribution is -2.48. The molecule has 0 aliphatic carbocycles. The van der Waals surface area contributed by atoms with Crippen LogP contribution >= 0.6 is 0 Å². The molecule has 0 bridgehead atoms. The van der Waals surface area contributed by atoms with Crippen LogP contribution in [0, 0.1) is 10.8 Å². The maximum Gasteiger partial charge on any atom is 0.228 e. The molecule has 2 heteroatoms. The lowest BCUT2D eigenvalue weighted by atomic mass is 9.79. The molecule has 0 spiro atoms. The maximum atomic E-state index is 12.8. The summed E-state index contributed by atoms with van der Waals surface area (Å²) in [6.07, 6.45) is 5.54. The van der Waals surface area contributed by atoms with Crippen molar-refractivity contribution < 1.29 is 4.79 Å². The molecule has 1 aliphatic heterocycles. The average Bonchev–Trinajstić information content (AvgIpc) is 2.77. The van der Waals surface area contributed by atoms with Gasteiger partial charge in [0.15, 0.2) is 0 Å². The first-order valence-electron chi connectivity index (χ1n) is 7.57. The van der Waals surface area contributed by atoms with Gasteiger partial charge in [-0.05, 0) is 31.1 Å². The highest BCUT2D eigenvalue weighted by molar-refractivity contribution is 5.82. The molecule has 1 aliphatic rings. The van der Waals surface area contributed by atoms with Crippen LogP contribution in [-0.4, -0.2) is 23.4 Å². The summed E-state index contributed by atoms with van der Waals surface area (Å²) in [5, 5.41) is 0. The van der Waals surface area contributed by atoms with Crippen LogP contribution in [0.3, 0.4) is 0 Å². The summed E-state index contributed by atoms with van der Waals surface area (Å²) in [5.74, 6) is 0.369. The zero-order valence-electron chi connectivity index (χ0n) is 13.2. The maximum absolute atomic E-state index is 12.8. The molecule has 1 heterocycles. The Labute approximate surface area is 113 Å². The molecule has 0 aromatic heterocycles. The van der Waals surface area contributed by atoms with Gasteiger partial charge >= 0.3 is 0 Å². The van der Waals surface area contributed by atoms with Gasteiger partial charge in [0.05, 0.1) is 0 Å². The van der Waals surface area contributed by atoms with E-state index in [0.717, 1.165) is 25.8 Å². The van der Waals surface area contributed by atoms with Gasteiger partial charge in [-0.25, -0.2) is 0 Å². The van der Waals surface area contributed by atoms with Gasteiger partial charge in [0, 0.05) is 18.0 Å². The molecule has 18 heavy (non-hydrogen) atoms. The van der Waals surface area contributed by atoms with Crippen molar-refractivity contribution in [1.29, 1.82) is 0 Å². The predicted octanol–water partition coefficient (Wildman–Crippen LogP) is 4.24. The van der Waals surface area contributed by atoms with E-state index < -0.39 is 0 Å². The van der Waals surface area contributed by atoms with Gasteiger partial charge in [-0.3, -0.25) is 4.79 Å². The number of nitrogens with zero attached hydrogens (tertiary/aromatic N) is 1. The average molecular weight is 253 g/mol. The topological polar surface area (TPSA) is 20.3 Å². The monoisotopic (exact) mass is 253 g/mol. The van der Waals surface area contributed by atoms with Crippen LogP contribution in [0.5, 0.6) is 0 Å². The molecule has 2 nitrogen and oxygen atoms in total. The Balaban J connectivity index is 2.85. The first-order valence-corrected chi connectivity index (χ1v) is 7.57. The van der Waals surface area contributed by atoms with Crippen LogP contribution < -0.4 is 0 Å². The van der Waals surface area contributed by atoms with Crippen molar-refractivity contribution in [1.82, 2.24) is 4.90 Å². The zero-order chi connectivity index (χ0) is 14.0. The fourth-order valence-corrected chi connectivity index (χ4v) is 3.18. The first-order chi connectivity index (χ1) is 8.26. The lowest BCUT2D eigenvalue weighted by Gasteiger charge is -2.40. The molecule has 1 amide bonds. The minimum absolute atomic E-state index is 0.193. The number of rotatable bonds is 5. The van der Waals surface area contributed by atoms with Crippen LogP contribution in [0.25, 0.3) is 0 Å². The van der Waals surface area contributed by atoms with E-state index in [4.69, 9.17) is 0 Å². The molecule has 1 saturated heterocycles. The van der Waals surface area contributed by atoms with Crippen molar-refractivity contribution in [2.45, 2.75) is 79.7 Å². The van der Waals surface area contributed by atoms with E-state index >= 15 is 0 Å². The van der Waals surface area contributed by atoms with E-state index in [1.54, 1.807) is 0 Å². The van der Waals surface area contributed by atoms with Crippen molar-refractivity contribution in [3.05, 3.63) is 0 Å². The molecule has 1 atom stereocenters. The number of likely N-dealkylation sites (tertiary alicyclic amines) is 1. The van der Waals surface area contributed by atoms with Gasteiger partial charge in [0.25, 0.3) is 0 Å². The summed E-state index contributed by atoms with van der Waals surface area (Å²) in [4.78, 5) is 14.9. The predicted molar refractivity (Wildman–Crippen MR) is 77.5 cm³/mol. The number of hydrogen-bond donors (Lipinski definition) is 0. The minimum Gasteiger partial charge on any atom is -0.339 e. The largest absolute Gasteiger partial charge is 0.339 e. The molecule has 0 saturated carbocycles. The summed E-state index contributed by atoms with van der Waals surface area (Å²) < 4.78 is 0. The van der Waals surface area contributed by atoms with Crippen LogP contribution in [-0.2, 0) is 4.79 Å². The van der Waals surface area contributed by atoms with E-state index in [-0.39, 0.29) is 10.8 Å². The fourth-order valence-electron chi connectivity index (χ4n) is 3.18. The van der Waals surface area contributed by atoms with E-state index in [1.165, 1.54) is 12.8 Å². The van der Waals surface area contributed by atoms with E-state index in [0.29, 0.717) is 11.9 Å². The third-order valence-corrected chi connectivity index (χ3v) is 4.78. The number of carbonyl (C=O) groups is 1. The molecule has 106 valence electrons. The van der Waals surface area contributed by atoms with Gasteiger partial charge < -0.3 is 4.90 Å². The van der Waals surface area contributed by atoms with E-state index in [9.17, 15) is 4.79 Å². The molecule has 1 unspecified atom stereocenters. The second-order valence-electron chi connectivity index (χ2n) is 7.13. The SMILES string of the molecule is CCCC(C)(C)C(=O)N1CCCC1C(C)(C)CC. The highest BCUT2D eigenvalue weighted by atomic mass is 16.2. The van der Waals surface area contributed by atoms with Crippen LogP contribution in [0.1, 0.15) is 73.6 Å². The number of hydrogen-bond acceptors (Lipinski definition) is 1. The Kier molecular flexibility index (Phi) is 4.85. The summed E-state index contributed by atoms with van der Waals surface area (Å²) in [6.45, 7) is 14.2. The number of amides is 1. The Bertz CT molecular complexity index is 293. The smallest absolute Gasteiger partial charge is 0.228 e. The molecular weight excluding hydrogens is 222 g/mol. The summed E-state index contributed by atoms with van der Waals surface area (Å²) >= 11 is 0. The Morgan fingerprint density at radius 2 is 1.83 bits per heavy atom. The second kappa shape index (κ2) is 5.63. The zero-order valence-corrected chi connectivity index (χ0v) is 13.2. The second-order valence-corrected chi connectivity index (χ2v) is 7.13. The van der Waals surface area contributed by atoms with Crippen LogP contribution in [0.15, 0.2) is 0 Å². The fraction of sp³-hybridized carbons (Fsp3) is 0.938. The van der Waals surface area contributed by atoms with Crippen molar-refractivity contribution in [2.24, 2.45) is 10.8 Å². The minimum atomic E-state index is -0.193. The molecule has 0 radical (unpaired) electrons. The lowest BCUT2D eigenvalue weighted by molar-refractivity contribution is -0.143. The van der Waals surface area contributed by atoms with E-state index in [2.05, 4.69) is 46.4 Å². The van der Waals surface area contributed by atoms with Crippen molar-refractivity contribution >= 4 is 5.91 Å². The van der Waals surface area contributed by atoms with Crippen molar-refractivity contribution in [3.63, 3.8) is 0 Å². The van der Waals surface area contributed by atoms with Gasteiger partial charge in [0.1, 0.15) is 0 Å². The molecule has 0 aromatic rings. The van der Waals surface area contributed by atoms with Gasteiger partial charge in [-0.15, -0.1) is 0 Å². The molecular formula is C16H31NO.